The van der Waals surface area contributed by atoms with E-state index in [4.69, 9.17) is 9.15 Å². The number of hydrogen-bond acceptors (Lipinski definition) is 9. The number of carbonyl (C=O) groups excluding carboxylic acids is 1. The second-order valence-corrected chi connectivity index (χ2v) is 7.67. The smallest absolute Gasteiger partial charge is 0.300 e. The average Bonchev–Trinajstić information content (AvgIpc) is 3.45. The zero-order valence-electron chi connectivity index (χ0n) is 17.6. The summed E-state index contributed by atoms with van der Waals surface area (Å²) in [5.74, 6) is 0.256. The number of piperazine rings is 1. The summed E-state index contributed by atoms with van der Waals surface area (Å²) in [6.07, 6.45) is 3.70. The Labute approximate surface area is 184 Å². The molecule has 1 amide bonds. The number of oxazole rings is 1. The van der Waals surface area contributed by atoms with E-state index in [0.29, 0.717) is 18.0 Å². The third kappa shape index (κ3) is 3.74. The van der Waals surface area contributed by atoms with Gasteiger partial charge in [0.1, 0.15) is 12.0 Å². The van der Waals surface area contributed by atoms with Crippen LogP contribution in [-0.4, -0.2) is 54.3 Å². The molecule has 166 valence electrons. The van der Waals surface area contributed by atoms with Gasteiger partial charge in [0, 0.05) is 37.9 Å². The highest BCUT2D eigenvalue weighted by atomic mass is 16.5. The number of nitrogens with one attached hydrogen (secondary N) is 2. The fraction of sp³-hybridized carbons (Fsp3) is 0.318. The molecule has 0 radical (unpaired) electrons. The Hall–Kier alpha value is -3.63. The number of anilines is 3. The maximum Gasteiger partial charge on any atom is 0.300 e. The standard InChI is InChI=1S/C22H24N6O4/c1-31-15-3-2-14-12-28(21(30)16(14)10-15)22-26-18(13-32-22)20(29)25-17-11-24-5-4-19(17)27-8-6-23-7-9-27/h2-5,10-11,13,21,23,30H,6-9,12H2,1H3,(H,25,29). The molecule has 10 nitrogen and oxygen atoms in total. The quantitative estimate of drug-likeness (QED) is 0.550. The van der Waals surface area contributed by atoms with Gasteiger partial charge < -0.3 is 29.8 Å². The molecule has 1 unspecified atom stereocenters. The maximum atomic E-state index is 12.9. The molecule has 0 aliphatic carbocycles. The van der Waals surface area contributed by atoms with Crippen molar-refractivity contribution < 1.29 is 19.1 Å². The number of methoxy groups -OCH3 is 1. The van der Waals surface area contributed by atoms with E-state index in [0.717, 1.165) is 43.0 Å². The summed E-state index contributed by atoms with van der Waals surface area (Å²) in [6, 6.07) is 7.59. The van der Waals surface area contributed by atoms with Crippen LogP contribution in [0.1, 0.15) is 27.8 Å². The van der Waals surface area contributed by atoms with Crippen molar-refractivity contribution in [2.75, 3.05) is 48.4 Å². The molecule has 5 rings (SSSR count). The Morgan fingerprint density at radius 2 is 2.16 bits per heavy atom. The first-order valence-corrected chi connectivity index (χ1v) is 10.4. The first-order chi connectivity index (χ1) is 15.6. The highest BCUT2D eigenvalue weighted by Crippen LogP contribution is 2.37. The van der Waals surface area contributed by atoms with E-state index in [1.165, 1.54) is 6.26 Å². The molecule has 1 aromatic carbocycles. The highest BCUT2D eigenvalue weighted by Gasteiger charge is 2.32. The molecule has 32 heavy (non-hydrogen) atoms. The van der Waals surface area contributed by atoms with Crippen molar-refractivity contribution in [2.24, 2.45) is 0 Å². The number of carbonyl (C=O) groups is 1. The van der Waals surface area contributed by atoms with E-state index in [1.807, 2.05) is 18.2 Å². The Morgan fingerprint density at radius 3 is 2.97 bits per heavy atom. The molecule has 2 aromatic heterocycles. The third-order valence-corrected chi connectivity index (χ3v) is 5.74. The number of aliphatic hydroxyl groups excluding tert-OH is 1. The molecule has 0 bridgehead atoms. The average molecular weight is 436 g/mol. The lowest BCUT2D eigenvalue weighted by Gasteiger charge is -2.30. The second kappa shape index (κ2) is 8.48. The van der Waals surface area contributed by atoms with E-state index < -0.39 is 12.1 Å². The number of ether oxygens (including phenoxy) is 1. The maximum absolute atomic E-state index is 12.9. The predicted octanol–water partition coefficient (Wildman–Crippen LogP) is 1.75. The number of amides is 1. The Kier molecular flexibility index (Phi) is 5.38. The summed E-state index contributed by atoms with van der Waals surface area (Å²) in [5, 5.41) is 16.9. The van der Waals surface area contributed by atoms with Crippen molar-refractivity contribution in [3.8, 4) is 5.75 Å². The molecule has 4 heterocycles. The third-order valence-electron chi connectivity index (χ3n) is 5.74. The summed E-state index contributed by atoms with van der Waals surface area (Å²) in [4.78, 5) is 25.1. The van der Waals surface area contributed by atoms with Gasteiger partial charge in [-0.15, -0.1) is 0 Å². The minimum atomic E-state index is -0.938. The molecule has 3 N–H and O–H groups in total. The fourth-order valence-electron chi connectivity index (χ4n) is 4.05. The number of benzene rings is 1. The minimum Gasteiger partial charge on any atom is -0.497 e. The number of aromatic nitrogens is 2. The number of fused-ring (bicyclic) bond motifs is 1. The first-order valence-electron chi connectivity index (χ1n) is 10.4. The number of hydrogen-bond donors (Lipinski definition) is 3. The van der Waals surface area contributed by atoms with Gasteiger partial charge in [-0.25, -0.2) is 0 Å². The lowest BCUT2D eigenvalue weighted by atomic mass is 10.1. The fourth-order valence-corrected chi connectivity index (χ4v) is 4.05. The summed E-state index contributed by atoms with van der Waals surface area (Å²) < 4.78 is 10.8. The van der Waals surface area contributed by atoms with Gasteiger partial charge in [-0.1, -0.05) is 6.07 Å². The van der Waals surface area contributed by atoms with Crippen molar-refractivity contribution in [3.05, 3.63) is 59.7 Å². The number of nitrogens with zero attached hydrogens (tertiary/aromatic N) is 4. The minimum absolute atomic E-state index is 0.121. The second-order valence-electron chi connectivity index (χ2n) is 7.67. The van der Waals surface area contributed by atoms with Crippen LogP contribution >= 0.6 is 0 Å². The molecular weight excluding hydrogens is 412 g/mol. The molecule has 10 heteroatoms. The van der Waals surface area contributed by atoms with E-state index in [1.54, 1.807) is 30.5 Å². The predicted molar refractivity (Wildman–Crippen MR) is 118 cm³/mol. The van der Waals surface area contributed by atoms with Crippen LogP contribution in [-0.2, 0) is 6.54 Å². The SMILES string of the molecule is COc1ccc2c(c1)C(O)N(c1nc(C(=O)Nc3cnccc3N3CCNCC3)co1)C2. The van der Waals surface area contributed by atoms with Crippen molar-refractivity contribution in [1.82, 2.24) is 15.3 Å². The summed E-state index contributed by atoms with van der Waals surface area (Å²) >= 11 is 0. The Balaban J connectivity index is 1.32. The van der Waals surface area contributed by atoms with E-state index >= 15 is 0 Å². The van der Waals surface area contributed by atoms with Gasteiger partial charge in [0.05, 0.1) is 31.2 Å². The van der Waals surface area contributed by atoms with Crippen LogP contribution in [0.25, 0.3) is 0 Å². The van der Waals surface area contributed by atoms with E-state index in [9.17, 15) is 9.90 Å². The van der Waals surface area contributed by atoms with Crippen LogP contribution in [0, 0.1) is 0 Å². The lowest BCUT2D eigenvalue weighted by molar-refractivity contribution is 0.102. The van der Waals surface area contributed by atoms with Crippen LogP contribution in [0.15, 0.2) is 47.3 Å². The molecular formula is C22H24N6O4. The molecule has 3 aromatic rings. The van der Waals surface area contributed by atoms with Crippen molar-refractivity contribution in [3.63, 3.8) is 0 Å². The monoisotopic (exact) mass is 436 g/mol. The lowest BCUT2D eigenvalue weighted by Crippen LogP contribution is -2.43. The van der Waals surface area contributed by atoms with E-state index in [2.05, 4.69) is 25.5 Å². The van der Waals surface area contributed by atoms with Crippen LogP contribution in [0.4, 0.5) is 17.4 Å². The Morgan fingerprint density at radius 1 is 1.31 bits per heavy atom. The summed E-state index contributed by atoms with van der Waals surface area (Å²) in [6.45, 7) is 3.87. The van der Waals surface area contributed by atoms with Crippen LogP contribution < -0.4 is 25.2 Å². The van der Waals surface area contributed by atoms with E-state index in [-0.39, 0.29) is 11.7 Å². The van der Waals surface area contributed by atoms with Crippen LogP contribution in [0.5, 0.6) is 5.75 Å². The van der Waals surface area contributed by atoms with Crippen molar-refractivity contribution >= 4 is 23.3 Å². The van der Waals surface area contributed by atoms with Gasteiger partial charge in [0.2, 0.25) is 0 Å². The van der Waals surface area contributed by atoms with Crippen molar-refractivity contribution in [1.29, 1.82) is 0 Å². The molecule has 0 saturated carbocycles. The number of aliphatic hydroxyl groups is 1. The van der Waals surface area contributed by atoms with Gasteiger partial charge in [0.15, 0.2) is 11.9 Å². The molecule has 0 spiro atoms. The van der Waals surface area contributed by atoms with Crippen LogP contribution in [0.2, 0.25) is 0 Å². The zero-order valence-corrected chi connectivity index (χ0v) is 17.6. The summed E-state index contributed by atoms with van der Waals surface area (Å²) in [5.41, 5.74) is 3.32. The number of rotatable bonds is 5. The van der Waals surface area contributed by atoms with Gasteiger partial charge in [0.25, 0.3) is 5.91 Å². The first kappa shape index (κ1) is 20.3. The number of pyridine rings is 1. The summed E-state index contributed by atoms with van der Waals surface area (Å²) in [7, 11) is 1.58. The highest BCUT2D eigenvalue weighted by molar-refractivity contribution is 6.04. The Bertz CT molecular complexity index is 1130. The topological polar surface area (TPSA) is 116 Å². The van der Waals surface area contributed by atoms with Crippen molar-refractivity contribution in [2.45, 2.75) is 12.8 Å². The van der Waals surface area contributed by atoms with Crippen LogP contribution in [0.3, 0.4) is 0 Å². The molecule has 2 aliphatic heterocycles. The van der Waals surface area contributed by atoms with Gasteiger partial charge in [-0.2, -0.15) is 4.98 Å². The van der Waals surface area contributed by atoms with Gasteiger partial charge in [-0.3, -0.25) is 14.7 Å². The van der Waals surface area contributed by atoms with Gasteiger partial charge >= 0.3 is 6.01 Å². The van der Waals surface area contributed by atoms with Gasteiger partial charge in [-0.05, 0) is 23.8 Å². The normalized spacial score (nSPS) is 17.9. The molecule has 1 fully saturated rings. The molecule has 2 aliphatic rings. The molecule has 1 atom stereocenters. The largest absolute Gasteiger partial charge is 0.497 e. The zero-order chi connectivity index (χ0) is 22.1. The molecule has 1 saturated heterocycles.